The predicted octanol–water partition coefficient (Wildman–Crippen LogP) is 4.14. The van der Waals surface area contributed by atoms with Crippen molar-refractivity contribution in [2.24, 2.45) is 0 Å². The second kappa shape index (κ2) is 6.76. The Labute approximate surface area is 120 Å². The lowest BCUT2D eigenvalue weighted by Gasteiger charge is -2.30. The highest BCUT2D eigenvalue weighted by atomic mass is 35.5. The Morgan fingerprint density at radius 2 is 1.95 bits per heavy atom. The quantitative estimate of drug-likeness (QED) is 0.760. The molecule has 0 aliphatic heterocycles. The van der Waals surface area contributed by atoms with Gasteiger partial charge in [-0.15, -0.1) is 0 Å². The van der Waals surface area contributed by atoms with Gasteiger partial charge in [-0.05, 0) is 30.5 Å². The fraction of sp³-hybridized carbons (Fsp3) is 0.438. The third-order valence-corrected chi connectivity index (χ3v) is 4.12. The Morgan fingerprint density at radius 3 is 2.63 bits per heavy atom. The molecule has 102 valence electrons. The fourth-order valence-corrected chi connectivity index (χ4v) is 2.74. The Morgan fingerprint density at radius 1 is 1.26 bits per heavy atom. The molecule has 3 heteroatoms. The first-order valence-corrected chi connectivity index (χ1v) is 7.25. The largest absolute Gasteiger partial charge is 0.339 e. The van der Waals surface area contributed by atoms with Gasteiger partial charge in [-0.25, -0.2) is 0 Å². The summed E-state index contributed by atoms with van der Waals surface area (Å²) in [6, 6.07) is 7.94. The van der Waals surface area contributed by atoms with E-state index >= 15 is 0 Å². The van der Waals surface area contributed by atoms with Crippen molar-refractivity contribution in [1.29, 1.82) is 0 Å². The lowest BCUT2D eigenvalue weighted by molar-refractivity contribution is -0.127. The molecule has 1 saturated carbocycles. The topological polar surface area (TPSA) is 20.3 Å². The van der Waals surface area contributed by atoms with Crippen LogP contribution in [0, 0.1) is 0 Å². The maximum absolute atomic E-state index is 12.1. The number of hydrogen-bond donors (Lipinski definition) is 0. The van der Waals surface area contributed by atoms with Gasteiger partial charge in [-0.3, -0.25) is 4.79 Å². The van der Waals surface area contributed by atoms with Gasteiger partial charge in [-0.2, -0.15) is 0 Å². The minimum atomic E-state index is 0.0619. The molecule has 19 heavy (non-hydrogen) atoms. The average molecular weight is 278 g/mol. The average Bonchev–Trinajstić information content (AvgIpc) is 2.46. The summed E-state index contributed by atoms with van der Waals surface area (Å²) in [6.45, 7) is 0. The van der Waals surface area contributed by atoms with Crippen LogP contribution in [0.25, 0.3) is 6.08 Å². The van der Waals surface area contributed by atoms with Gasteiger partial charge in [0.05, 0.1) is 0 Å². The highest BCUT2D eigenvalue weighted by molar-refractivity contribution is 6.32. The van der Waals surface area contributed by atoms with Crippen molar-refractivity contribution in [3.63, 3.8) is 0 Å². The molecule has 1 fully saturated rings. The SMILES string of the molecule is CN(C(=O)/C=C/c1ccccc1Cl)C1CCCCC1. The van der Waals surface area contributed by atoms with Crippen LogP contribution in [-0.4, -0.2) is 23.9 Å². The van der Waals surface area contributed by atoms with Crippen molar-refractivity contribution in [2.75, 3.05) is 7.05 Å². The van der Waals surface area contributed by atoms with Crippen molar-refractivity contribution in [1.82, 2.24) is 4.90 Å². The molecule has 0 spiro atoms. The highest BCUT2D eigenvalue weighted by Gasteiger charge is 2.20. The second-order valence-electron chi connectivity index (χ2n) is 5.10. The number of likely N-dealkylation sites (N-methyl/N-ethyl adjacent to an activating group) is 1. The summed E-state index contributed by atoms with van der Waals surface area (Å²) in [7, 11) is 1.90. The van der Waals surface area contributed by atoms with Crippen LogP contribution in [0.4, 0.5) is 0 Å². The Kier molecular flexibility index (Phi) is 5.03. The molecule has 1 amide bonds. The molecule has 0 unspecified atom stereocenters. The molecule has 0 N–H and O–H groups in total. The first kappa shape index (κ1) is 14.1. The van der Waals surface area contributed by atoms with Crippen LogP contribution in [0.5, 0.6) is 0 Å². The summed E-state index contributed by atoms with van der Waals surface area (Å²) in [6.07, 6.45) is 9.44. The molecular weight excluding hydrogens is 258 g/mol. The molecule has 0 saturated heterocycles. The number of benzene rings is 1. The Balaban J connectivity index is 1.98. The van der Waals surface area contributed by atoms with E-state index in [4.69, 9.17) is 11.6 Å². The fourth-order valence-electron chi connectivity index (χ4n) is 2.54. The maximum Gasteiger partial charge on any atom is 0.246 e. The summed E-state index contributed by atoms with van der Waals surface area (Å²) in [5.41, 5.74) is 0.884. The van der Waals surface area contributed by atoms with E-state index in [0.29, 0.717) is 11.1 Å². The van der Waals surface area contributed by atoms with Crippen LogP contribution >= 0.6 is 11.6 Å². The molecule has 0 heterocycles. The zero-order valence-electron chi connectivity index (χ0n) is 11.3. The molecule has 0 radical (unpaired) electrons. The highest BCUT2D eigenvalue weighted by Crippen LogP contribution is 2.22. The van der Waals surface area contributed by atoms with Gasteiger partial charge in [0.2, 0.25) is 5.91 Å². The number of amides is 1. The number of carbonyl (C=O) groups excluding carboxylic acids is 1. The van der Waals surface area contributed by atoms with Crippen LogP contribution in [0.3, 0.4) is 0 Å². The molecular formula is C16H20ClNO. The van der Waals surface area contributed by atoms with Gasteiger partial charge < -0.3 is 4.90 Å². The van der Waals surface area contributed by atoms with Gasteiger partial charge in [0.15, 0.2) is 0 Å². The van der Waals surface area contributed by atoms with Crippen molar-refractivity contribution < 1.29 is 4.79 Å². The molecule has 1 aromatic rings. The van der Waals surface area contributed by atoms with E-state index in [2.05, 4.69) is 0 Å². The lowest BCUT2D eigenvalue weighted by atomic mass is 9.94. The third kappa shape index (κ3) is 3.84. The van der Waals surface area contributed by atoms with Crippen molar-refractivity contribution in [3.05, 3.63) is 40.9 Å². The molecule has 1 aromatic carbocycles. The lowest BCUT2D eigenvalue weighted by Crippen LogP contribution is -2.37. The molecule has 0 aromatic heterocycles. The van der Waals surface area contributed by atoms with Crippen LogP contribution in [0.2, 0.25) is 5.02 Å². The first-order valence-electron chi connectivity index (χ1n) is 6.88. The van der Waals surface area contributed by atoms with Gasteiger partial charge in [0, 0.05) is 24.2 Å². The van der Waals surface area contributed by atoms with Crippen LogP contribution in [0.15, 0.2) is 30.3 Å². The maximum atomic E-state index is 12.1. The van der Waals surface area contributed by atoms with Gasteiger partial charge in [-0.1, -0.05) is 49.1 Å². The summed E-state index contributed by atoms with van der Waals surface area (Å²) in [5.74, 6) is 0.0619. The van der Waals surface area contributed by atoms with E-state index in [1.165, 1.54) is 19.3 Å². The Bertz CT molecular complexity index is 464. The third-order valence-electron chi connectivity index (χ3n) is 3.78. The van der Waals surface area contributed by atoms with Crippen molar-refractivity contribution in [3.8, 4) is 0 Å². The van der Waals surface area contributed by atoms with Crippen LogP contribution < -0.4 is 0 Å². The number of rotatable bonds is 3. The van der Waals surface area contributed by atoms with E-state index < -0.39 is 0 Å². The molecule has 0 atom stereocenters. The minimum Gasteiger partial charge on any atom is -0.339 e. The Hall–Kier alpha value is -1.28. The number of carbonyl (C=O) groups is 1. The minimum absolute atomic E-state index is 0.0619. The van der Waals surface area contributed by atoms with Gasteiger partial charge in [0.1, 0.15) is 0 Å². The normalized spacial score (nSPS) is 16.7. The molecule has 1 aliphatic rings. The van der Waals surface area contributed by atoms with E-state index in [-0.39, 0.29) is 5.91 Å². The monoisotopic (exact) mass is 277 g/mol. The van der Waals surface area contributed by atoms with Crippen LogP contribution in [-0.2, 0) is 4.79 Å². The van der Waals surface area contributed by atoms with E-state index in [1.54, 1.807) is 12.2 Å². The standard InChI is InChI=1S/C16H20ClNO/c1-18(14-8-3-2-4-9-14)16(19)12-11-13-7-5-6-10-15(13)17/h5-7,10-12,14H,2-4,8-9H2,1H3/b12-11+. The van der Waals surface area contributed by atoms with E-state index in [9.17, 15) is 4.79 Å². The summed E-state index contributed by atoms with van der Waals surface area (Å²) in [4.78, 5) is 14.0. The van der Waals surface area contributed by atoms with E-state index in [1.807, 2.05) is 36.2 Å². The second-order valence-corrected chi connectivity index (χ2v) is 5.50. The summed E-state index contributed by atoms with van der Waals surface area (Å²) >= 11 is 6.06. The molecule has 2 nitrogen and oxygen atoms in total. The summed E-state index contributed by atoms with van der Waals surface area (Å²) in [5, 5.41) is 0.673. The van der Waals surface area contributed by atoms with Gasteiger partial charge in [0.25, 0.3) is 0 Å². The molecule has 2 rings (SSSR count). The molecule has 0 bridgehead atoms. The van der Waals surface area contributed by atoms with Gasteiger partial charge >= 0.3 is 0 Å². The first-order chi connectivity index (χ1) is 9.18. The van der Waals surface area contributed by atoms with Crippen molar-refractivity contribution >= 4 is 23.6 Å². The van der Waals surface area contributed by atoms with Crippen LogP contribution in [0.1, 0.15) is 37.7 Å². The zero-order chi connectivity index (χ0) is 13.7. The number of nitrogens with zero attached hydrogens (tertiary/aromatic N) is 1. The number of hydrogen-bond acceptors (Lipinski definition) is 1. The smallest absolute Gasteiger partial charge is 0.246 e. The number of halogens is 1. The molecule has 1 aliphatic carbocycles. The zero-order valence-corrected chi connectivity index (χ0v) is 12.1. The summed E-state index contributed by atoms with van der Waals surface area (Å²) < 4.78 is 0. The predicted molar refractivity (Wildman–Crippen MR) is 80.1 cm³/mol. The van der Waals surface area contributed by atoms with E-state index in [0.717, 1.165) is 18.4 Å². The van der Waals surface area contributed by atoms with Crippen molar-refractivity contribution in [2.45, 2.75) is 38.1 Å².